The summed E-state index contributed by atoms with van der Waals surface area (Å²) < 4.78 is 16.5. The predicted octanol–water partition coefficient (Wildman–Crippen LogP) is 6.29. The van der Waals surface area contributed by atoms with Gasteiger partial charge in [0.05, 0.1) is 21.3 Å². The number of carbonyl (C=O) groups excluding carboxylic acids is 2. The second-order valence-corrected chi connectivity index (χ2v) is 10.4. The zero-order valence-electron chi connectivity index (χ0n) is 25.1. The third-order valence-corrected chi connectivity index (χ3v) is 7.70. The fraction of sp³-hybridized carbons (Fsp3) is 0.515. The van der Waals surface area contributed by atoms with E-state index in [2.05, 4.69) is 26.0 Å². The molecule has 218 valence electrons. The van der Waals surface area contributed by atoms with Crippen molar-refractivity contribution < 1.29 is 23.8 Å². The second kappa shape index (κ2) is 15.3. The number of hydrogen-bond donors (Lipinski definition) is 0. The van der Waals surface area contributed by atoms with Crippen molar-refractivity contribution in [2.45, 2.75) is 77.3 Å². The van der Waals surface area contributed by atoms with E-state index in [1.807, 2.05) is 41.3 Å². The summed E-state index contributed by atoms with van der Waals surface area (Å²) in [5.74, 6) is 1.78. The lowest BCUT2D eigenvalue weighted by Gasteiger charge is -2.43. The van der Waals surface area contributed by atoms with Gasteiger partial charge in [-0.25, -0.2) is 0 Å². The first-order chi connectivity index (χ1) is 19.4. The van der Waals surface area contributed by atoms with Crippen molar-refractivity contribution in [2.24, 2.45) is 0 Å². The van der Waals surface area contributed by atoms with Crippen molar-refractivity contribution in [2.75, 3.05) is 34.9 Å². The molecule has 0 bridgehead atoms. The molecule has 1 fully saturated rings. The number of benzene rings is 2. The molecular weight excluding hydrogens is 504 g/mol. The molecule has 40 heavy (non-hydrogen) atoms. The molecule has 2 aromatic rings. The van der Waals surface area contributed by atoms with Gasteiger partial charge in [-0.2, -0.15) is 0 Å². The molecule has 1 aliphatic heterocycles. The van der Waals surface area contributed by atoms with Gasteiger partial charge in [0.15, 0.2) is 11.5 Å². The molecule has 2 aromatic carbocycles. The summed E-state index contributed by atoms with van der Waals surface area (Å²) in [7, 11) is 6.55. The highest BCUT2D eigenvalue weighted by atomic mass is 16.5. The average molecular weight is 551 g/mol. The summed E-state index contributed by atoms with van der Waals surface area (Å²) >= 11 is 0. The van der Waals surface area contributed by atoms with E-state index in [1.54, 1.807) is 33.3 Å². The van der Waals surface area contributed by atoms with E-state index in [4.69, 9.17) is 14.2 Å². The van der Waals surface area contributed by atoms with Crippen molar-refractivity contribution in [3.8, 4) is 28.4 Å². The SMILES string of the molecule is CCCCC/C=C/CN1C(=O)[C@H](Cc2ccc(-c3cc(OC)c(OC)c(OC)c3)cc2)N(C)C(=O)[C@@H]1CCCC. The topological polar surface area (TPSA) is 68.3 Å². The van der Waals surface area contributed by atoms with E-state index in [9.17, 15) is 9.59 Å². The van der Waals surface area contributed by atoms with Gasteiger partial charge in [0.2, 0.25) is 17.6 Å². The largest absolute Gasteiger partial charge is 0.493 e. The van der Waals surface area contributed by atoms with Crippen molar-refractivity contribution in [3.63, 3.8) is 0 Å². The van der Waals surface area contributed by atoms with Crippen molar-refractivity contribution in [1.29, 1.82) is 0 Å². The minimum absolute atomic E-state index is 0.0233. The van der Waals surface area contributed by atoms with E-state index in [0.29, 0.717) is 36.6 Å². The number of allylic oxidation sites excluding steroid dienone is 1. The predicted molar refractivity (Wildman–Crippen MR) is 160 cm³/mol. The number of piperazine rings is 1. The van der Waals surface area contributed by atoms with Gasteiger partial charge >= 0.3 is 0 Å². The van der Waals surface area contributed by atoms with Gasteiger partial charge in [-0.05, 0) is 48.1 Å². The summed E-state index contributed by atoms with van der Waals surface area (Å²) in [4.78, 5) is 30.7. The third-order valence-electron chi connectivity index (χ3n) is 7.70. The molecule has 0 N–H and O–H groups in total. The smallest absolute Gasteiger partial charge is 0.246 e. The van der Waals surface area contributed by atoms with Gasteiger partial charge in [-0.1, -0.05) is 75.9 Å². The number of carbonyl (C=O) groups is 2. The van der Waals surface area contributed by atoms with E-state index >= 15 is 0 Å². The van der Waals surface area contributed by atoms with Crippen molar-refractivity contribution >= 4 is 11.8 Å². The summed E-state index contributed by atoms with van der Waals surface area (Å²) in [5.41, 5.74) is 2.91. The Morgan fingerprint density at radius 1 is 0.775 bits per heavy atom. The van der Waals surface area contributed by atoms with Crippen LogP contribution in [0.4, 0.5) is 0 Å². The Hall–Kier alpha value is -3.48. The molecule has 7 heteroatoms. The maximum absolute atomic E-state index is 13.8. The summed E-state index contributed by atoms with van der Waals surface area (Å²) in [6, 6.07) is 11.0. The molecule has 3 rings (SSSR count). The first kappa shape index (κ1) is 31.1. The third kappa shape index (κ3) is 7.38. The van der Waals surface area contributed by atoms with Crippen LogP contribution in [-0.2, 0) is 16.0 Å². The van der Waals surface area contributed by atoms with Crippen LogP contribution in [0.25, 0.3) is 11.1 Å². The molecule has 2 atom stereocenters. The lowest BCUT2D eigenvalue weighted by atomic mass is 9.95. The number of unbranched alkanes of at least 4 members (excludes halogenated alkanes) is 4. The molecule has 0 spiro atoms. The normalized spacial score (nSPS) is 17.6. The fourth-order valence-corrected chi connectivity index (χ4v) is 5.27. The minimum Gasteiger partial charge on any atom is -0.493 e. The molecule has 7 nitrogen and oxygen atoms in total. The molecule has 0 saturated carbocycles. The Kier molecular flexibility index (Phi) is 11.9. The Labute approximate surface area is 240 Å². The van der Waals surface area contributed by atoms with Crippen LogP contribution in [0.1, 0.15) is 64.4 Å². The van der Waals surface area contributed by atoms with Crippen molar-refractivity contribution in [1.82, 2.24) is 9.80 Å². The highest BCUT2D eigenvalue weighted by molar-refractivity contribution is 5.97. The minimum atomic E-state index is -0.522. The number of hydrogen-bond acceptors (Lipinski definition) is 5. The summed E-state index contributed by atoms with van der Waals surface area (Å²) in [6.45, 7) is 4.79. The van der Waals surface area contributed by atoms with Gasteiger partial charge in [0.1, 0.15) is 12.1 Å². The van der Waals surface area contributed by atoms with Crippen LogP contribution < -0.4 is 14.2 Å². The molecule has 2 amide bonds. The van der Waals surface area contributed by atoms with Crippen LogP contribution in [0.2, 0.25) is 0 Å². The zero-order valence-corrected chi connectivity index (χ0v) is 25.1. The second-order valence-electron chi connectivity index (χ2n) is 10.4. The van der Waals surface area contributed by atoms with Gasteiger partial charge in [-0.3, -0.25) is 9.59 Å². The van der Waals surface area contributed by atoms with Gasteiger partial charge in [0, 0.05) is 20.0 Å². The number of likely N-dealkylation sites (N-methyl/N-ethyl adjacent to an activating group) is 1. The van der Waals surface area contributed by atoms with Crippen LogP contribution in [0, 0.1) is 0 Å². The number of nitrogens with zero attached hydrogens (tertiary/aromatic N) is 2. The van der Waals surface area contributed by atoms with Crippen LogP contribution in [0.3, 0.4) is 0 Å². The standard InChI is InChI=1S/C33H46N2O5/c1-7-9-11-12-13-14-20-35-27(15-10-8-2)32(36)34(3)28(33(35)37)21-24-16-18-25(19-17-24)26-22-29(38-4)31(40-6)30(23-26)39-5/h13-14,16-19,22-23,27-28H,7-12,15,20-21H2,1-6H3/b14-13+/t27-,28-/m0/s1. The molecule has 0 radical (unpaired) electrons. The van der Waals surface area contributed by atoms with E-state index < -0.39 is 12.1 Å². The Morgan fingerprint density at radius 3 is 2.00 bits per heavy atom. The van der Waals surface area contributed by atoms with Crippen molar-refractivity contribution in [3.05, 3.63) is 54.1 Å². The Balaban J connectivity index is 1.79. The summed E-state index contributed by atoms with van der Waals surface area (Å²) in [6.07, 6.45) is 11.8. The molecule has 1 heterocycles. The van der Waals surface area contributed by atoms with Gasteiger partial charge in [-0.15, -0.1) is 0 Å². The molecule has 1 saturated heterocycles. The quantitative estimate of drug-likeness (QED) is 0.193. The van der Waals surface area contributed by atoms with Gasteiger partial charge < -0.3 is 24.0 Å². The fourth-order valence-electron chi connectivity index (χ4n) is 5.27. The molecule has 0 unspecified atom stereocenters. The average Bonchev–Trinajstić information content (AvgIpc) is 2.98. The number of methoxy groups -OCH3 is 3. The maximum atomic E-state index is 13.8. The molecule has 0 aromatic heterocycles. The monoisotopic (exact) mass is 550 g/mol. The molecule has 1 aliphatic rings. The van der Waals surface area contributed by atoms with Gasteiger partial charge in [0.25, 0.3) is 0 Å². The summed E-state index contributed by atoms with van der Waals surface area (Å²) in [5, 5.41) is 0. The first-order valence-electron chi connectivity index (χ1n) is 14.5. The van der Waals surface area contributed by atoms with Crippen LogP contribution in [0.15, 0.2) is 48.6 Å². The van der Waals surface area contributed by atoms with Crippen LogP contribution >= 0.6 is 0 Å². The number of ether oxygens (including phenoxy) is 3. The van der Waals surface area contributed by atoms with E-state index in [0.717, 1.165) is 42.4 Å². The lowest BCUT2D eigenvalue weighted by Crippen LogP contribution is -2.64. The molecule has 0 aliphatic carbocycles. The van der Waals surface area contributed by atoms with Crippen LogP contribution in [-0.4, -0.2) is 68.6 Å². The Morgan fingerprint density at radius 2 is 1.43 bits per heavy atom. The zero-order chi connectivity index (χ0) is 29.1. The first-order valence-corrected chi connectivity index (χ1v) is 14.5. The Bertz CT molecular complexity index is 1120. The molecular formula is C33H46N2O5. The van der Waals surface area contributed by atoms with Crippen LogP contribution in [0.5, 0.6) is 17.2 Å². The highest BCUT2D eigenvalue weighted by Gasteiger charge is 2.43. The van der Waals surface area contributed by atoms with E-state index in [-0.39, 0.29) is 11.8 Å². The lowest BCUT2D eigenvalue weighted by molar-refractivity contribution is -0.159. The van der Waals surface area contributed by atoms with E-state index in [1.165, 1.54) is 12.8 Å². The number of rotatable bonds is 15. The maximum Gasteiger partial charge on any atom is 0.246 e. The number of amides is 2. The highest BCUT2D eigenvalue weighted by Crippen LogP contribution is 2.41.